The topological polar surface area (TPSA) is 181 Å². The summed E-state index contributed by atoms with van der Waals surface area (Å²) in [7, 11) is 4.76. The van der Waals surface area contributed by atoms with Gasteiger partial charge in [0.2, 0.25) is 17.8 Å². The highest BCUT2D eigenvalue weighted by Crippen LogP contribution is 2.40. The number of likely N-dealkylation sites (N-methyl/N-ethyl adjacent to an activating group) is 1. The van der Waals surface area contributed by atoms with Gasteiger partial charge in [0.1, 0.15) is 23.8 Å². The zero-order valence-electron chi connectivity index (χ0n) is 41.1. The molecule has 4 atom stereocenters. The van der Waals surface area contributed by atoms with Crippen molar-refractivity contribution in [3.8, 4) is 11.1 Å². The van der Waals surface area contributed by atoms with E-state index in [2.05, 4.69) is 77.7 Å². The van der Waals surface area contributed by atoms with Crippen LogP contribution in [0.15, 0.2) is 84.7 Å². The fraction of sp³-hybridized carbons (Fsp3) is 0.442. The highest BCUT2D eigenvalue weighted by atomic mass is 16.5. The van der Waals surface area contributed by atoms with E-state index in [1.165, 1.54) is 27.7 Å². The number of rotatable bonds is 13. The number of esters is 1. The predicted molar refractivity (Wildman–Crippen MR) is 266 cm³/mol. The number of allylic oxidation sites excluding steroid dienone is 2. The Morgan fingerprint density at radius 1 is 1.10 bits per heavy atom. The number of benzene rings is 2. The number of hydrogen-bond acceptors (Lipinski definition) is 10. The van der Waals surface area contributed by atoms with Crippen LogP contribution in [0, 0.1) is 11.3 Å². The quantitative estimate of drug-likeness (QED) is 0.0572. The standard InChI is InChI=1S/C52H67N9O7/c1-13-36(44(53-15-3)32(7)67-12)46-38-28-52(8,9)30-68-50(66)39-21-18-24-61(57-39)48(64)40(26-33-19-17-20-34(25-33)35-22-23-41(37(38)27-35)60(46)16-4)55-47(63)45(31(5)6)59(11)49(65)42-29-54-51(58(42)10)56-43(62)14-2/h13-15,17,19-20,22-23,25,27,29,31-32,39-40,45,57H,1-2,16,18,21,24,26,28,30H2,3-12H3,(H,55,63)(H,54,56,62)/b44-36+,53-15?/t32-,39-,40-,45-/m0/s1. The zero-order valence-corrected chi connectivity index (χ0v) is 41.1. The first-order chi connectivity index (χ1) is 32.4. The van der Waals surface area contributed by atoms with Crippen LogP contribution in [0.25, 0.3) is 27.6 Å². The van der Waals surface area contributed by atoms with Gasteiger partial charge in [0, 0.05) is 68.8 Å². The highest BCUT2D eigenvalue weighted by Gasteiger charge is 2.38. The Balaban J connectivity index is 1.45. The maximum Gasteiger partial charge on any atom is 0.324 e. The molecule has 2 aliphatic heterocycles. The Hall–Kier alpha value is -6.65. The van der Waals surface area contributed by atoms with Gasteiger partial charge in [0.25, 0.3) is 11.8 Å². The van der Waals surface area contributed by atoms with Gasteiger partial charge >= 0.3 is 5.97 Å². The minimum Gasteiger partial charge on any atom is -0.464 e. The molecule has 6 rings (SSSR count). The first-order valence-electron chi connectivity index (χ1n) is 23.3. The van der Waals surface area contributed by atoms with Crippen LogP contribution in [-0.2, 0) is 55.1 Å². The van der Waals surface area contributed by atoms with Gasteiger partial charge < -0.3 is 28.8 Å². The van der Waals surface area contributed by atoms with Crippen molar-refractivity contribution in [2.24, 2.45) is 23.4 Å². The number of carbonyl (C=O) groups excluding carboxylic acids is 5. The molecule has 1 fully saturated rings. The summed E-state index contributed by atoms with van der Waals surface area (Å²) in [5.41, 5.74) is 10.0. The molecule has 4 amide bonds. The third-order valence-corrected chi connectivity index (χ3v) is 12.8. The number of methoxy groups -OCH3 is 1. The van der Waals surface area contributed by atoms with Gasteiger partial charge in [-0.2, -0.15) is 0 Å². The van der Waals surface area contributed by atoms with Crippen LogP contribution in [0.1, 0.15) is 88.6 Å². The van der Waals surface area contributed by atoms with Gasteiger partial charge in [-0.3, -0.25) is 39.3 Å². The van der Waals surface area contributed by atoms with Crippen LogP contribution in [-0.4, -0.2) is 111 Å². The van der Waals surface area contributed by atoms with Crippen LogP contribution in [0.4, 0.5) is 5.95 Å². The van der Waals surface area contributed by atoms with Gasteiger partial charge in [-0.25, -0.2) is 10.4 Å². The van der Waals surface area contributed by atoms with Crippen molar-refractivity contribution >= 4 is 58.2 Å². The fourth-order valence-corrected chi connectivity index (χ4v) is 9.27. The summed E-state index contributed by atoms with van der Waals surface area (Å²) in [6.07, 6.45) is 7.31. The maximum atomic E-state index is 14.7. The van der Waals surface area contributed by atoms with Crippen LogP contribution >= 0.6 is 0 Å². The molecule has 0 aliphatic carbocycles. The Kier molecular flexibility index (Phi) is 16.1. The second-order valence-electron chi connectivity index (χ2n) is 18.6. The molecule has 4 heterocycles. The lowest BCUT2D eigenvalue weighted by Gasteiger charge is -2.36. The summed E-state index contributed by atoms with van der Waals surface area (Å²) in [5, 5.41) is 8.03. The number of cyclic esters (lactones) is 1. The number of hydrogen-bond donors (Lipinski definition) is 3. The number of ether oxygens (including phenoxy) is 2. The second-order valence-corrected chi connectivity index (χ2v) is 18.6. The molecule has 6 bridgehead atoms. The van der Waals surface area contributed by atoms with E-state index in [0.29, 0.717) is 32.4 Å². The van der Waals surface area contributed by atoms with Gasteiger partial charge in [0.15, 0.2) is 0 Å². The Morgan fingerprint density at radius 2 is 1.84 bits per heavy atom. The minimum atomic E-state index is -1.10. The van der Waals surface area contributed by atoms with E-state index in [4.69, 9.17) is 14.5 Å². The van der Waals surface area contributed by atoms with Gasteiger partial charge in [0.05, 0.1) is 30.3 Å². The van der Waals surface area contributed by atoms with E-state index in [1.54, 1.807) is 20.4 Å². The molecule has 68 heavy (non-hydrogen) atoms. The molecule has 0 radical (unpaired) electrons. The number of amides is 4. The lowest BCUT2D eigenvalue weighted by molar-refractivity contribution is -0.155. The SMILES string of the molecule is C=CC(=O)Nc1ncc(C(=O)N(C)[C@H](C(=O)N[C@H]2Cc3cccc(c3)-c3ccc4c(c3)c(c(/C(C=C)=C(/N=CC)[C@H](C)OC)n4CC)CC(C)(C)COC(=O)[C@@H]3CCCN(N3)C2=O)C(C)C)n1C. The van der Waals surface area contributed by atoms with Gasteiger partial charge in [-0.15, -0.1) is 0 Å². The third kappa shape index (κ3) is 10.7. The molecule has 0 unspecified atom stereocenters. The molecular formula is C52H67N9O7. The number of fused-ring (bicyclic) bond motifs is 6. The minimum absolute atomic E-state index is 0.102. The van der Waals surface area contributed by atoms with E-state index in [1.807, 2.05) is 58.0 Å². The van der Waals surface area contributed by atoms with Crippen molar-refractivity contribution in [3.63, 3.8) is 0 Å². The van der Waals surface area contributed by atoms with Crippen molar-refractivity contribution in [2.75, 3.05) is 32.6 Å². The summed E-state index contributed by atoms with van der Waals surface area (Å²) in [4.78, 5) is 79.6. The monoisotopic (exact) mass is 930 g/mol. The molecule has 362 valence electrons. The molecule has 3 N–H and O–H groups in total. The molecule has 2 aliphatic rings. The van der Waals surface area contributed by atoms with Crippen molar-refractivity contribution in [3.05, 3.63) is 102 Å². The van der Waals surface area contributed by atoms with Crippen LogP contribution in [0.2, 0.25) is 0 Å². The van der Waals surface area contributed by atoms with E-state index >= 15 is 0 Å². The number of nitrogens with one attached hydrogen (secondary N) is 3. The van der Waals surface area contributed by atoms with Crippen LogP contribution < -0.4 is 16.1 Å². The summed E-state index contributed by atoms with van der Waals surface area (Å²) in [5.74, 6) is -2.72. The van der Waals surface area contributed by atoms with Gasteiger partial charge in [-0.1, -0.05) is 77.3 Å². The van der Waals surface area contributed by atoms with Crippen LogP contribution in [0.3, 0.4) is 0 Å². The van der Waals surface area contributed by atoms with Crippen molar-refractivity contribution in [1.29, 1.82) is 0 Å². The summed E-state index contributed by atoms with van der Waals surface area (Å²) >= 11 is 0. The molecular weight excluding hydrogens is 863 g/mol. The first-order valence-corrected chi connectivity index (χ1v) is 23.3. The first kappa shape index (κ1) is 50.8. The van der Waals surface area contributed by atoms with E-state index in [-0.39, 0.29) is 36.7 Å². The summed E-state index contributed by atoms with van der Waals surface area (Å²) < 4.78 is 15.7. The third-order valence-electron chi connectivity index (χ3n) is 12.8. The van der Waals surface area contributed by atoms with E-state index in [0.717, 1.165) is 56.2 Å². The smallest absolute Gasteiger partial charge is 0.324 e. The number of nitrogens with zero attached hydrogens (tertiary/aromatic N) is 6. The predicted octanol–water partition coefficient (Wildman–Crippen LogP) is 6.65. The number of carbonyl (C=O) groups is 5. The molecule has 16 heteroatoms. The Labute approximate surface area is 399 Å². The largest absolute Gasteiger partial charge is 0.464 e. The molecule has 1 saturated heterocycles. The lowest BCUT2D eigenvalue weighted by Crippen LogP contribution is -2.62. The Bertz CT molecular complexity index is 2650. The summed E-state index contributed by atoms with van der Waals surface area (Å²) in [6.45, 7) is 22.5. The molecule has 0 saturated carbocycles. The average Bonchev–Trinajstić information content (AvgIpc) is 3.83. The molecule has 4 aromatic rings. The molecule has 2 aromatic heterocycles. The summed E-state index contributed by atoms with van der Waals surface area (Å²) in [6, 6.07) is 11.4. The van der Waals surface area contributed by atoms with Crippen LogP contribution in [0.5, 0.6) is 0 Å². The van der Waals surface area contributed by atoms with E-state index < -0.39 is 53.1 Å². The number of aromatic nitrogens is 3. The number of anilines is 1. The number of aryl methyl sites for hydroxylation is 1. The Morgan fingerprint density at radius 3 is 2.50 bits per heavy atom. The van der Waals surface area contributed by atoms with Crippen molar-refractivity contribution in [2.45, 2.75) is 105 Å². The van der Waals surface area contributed by atoms with Gasteiger partial charge in [-0.05, 0) is 86.4 Å². The van der Waals surface area contributed by atoms with Crippen molar-refractivity contribution < 1.29 is 33.4 Å². The number of imidazole rings is 1. The molecule has 2 aromatic carbocycles. The molecule has 0 spiro atoms. The number of hydrazine groups is 1. The average molecular weight is 930 g/mol. The molecule has 16 nitrogen and oxygen atoms in total. The second kappa shape index (κ2) is 21.5. The van der Waals surface area contributed by atoms with Crippen molar-refractivity contribution in [1.82, 2.24) is 34.8 Å². The number of aliphatic imine (C=N–C) groups is 1. The maximum absolute atomic E-state index is 14.7. The normalized spacial score (nSPS) is 18.9. The lowest BCUT2D eigenvalue weighted by atomic mass is 9.84. The fourth-order valence-electron chi connectivity index (χ4n) is 9.27. The van der Waals surface area contributed by atoms with E-state index in [9.17, 15) is 24.0 Å². The highest BCUT2D eigenvalue weighted by molar-refractivity contribution is 6.00. The zero-order chi connectivity index (χ0) is 49.6.